The summed E-state index contributed by atoms with van der Waals surface area (Å²) in [6, 6.07) is 12.4. The summed E-state index contributed by atoms with van der Waals surface area (Å²) in [4.78, 5) is 12.3. The lowest BCUT2D eigenvalue weighted by atomic mass is 10.2. The molecule has 0 radical (unpaired) electrons. The Bertz CT molecular complexity index is 889. The van der Waals surface area contributed by atoms with Crippen LogP contribution in [0.15, 0.2) is 54.7 Å². The Hall–Kier alpha value is -3.02. The van der Waals surface area contributed by atoms with Crippen LogP contribution in [-0.2, 0) is 6.54 Å². The number of rotatable bonds is 4. The van der Waals surface area contributed by atoms with Crippen LogP contribution in [0.4, 0.5) is 8.78 Å². The molecule has 0 spiro atoms. The lowest BCUT2D eigenvalue weighted by Crippen LogP contribution is -2.23. The first kappa shape index (κ1) is 15.9. The van der Waals surface area contributed by atoms with Crippen LogP contribution in [0.5, 0.6) is 0 Å². The molecule has 2 aromatic carbocycles. The summed E-state index contributed by atoms with van der Waals surface area (Å²) < 4.78 is 28.8. The van der Waals surface area contributed by atoms with Gasteiger partial charge in [-0.25, -0.2) is 13.5 Å². The highest BCUT2D eigenvalue weighted by atomic mass is 19.1. The molecule has 0 unspecified atom stereocenters. The molecule has 1 N–H and O–H groups in total. The number of nitrogens with zero attached hydrogens (tertiary/aromatic N) is 2. The Balaban J connectivity index is 1.80. The molecule has 0 aliphatic rings. The van der Waals surface area contributed by atoms with Crippen LogP contribution in [0.2, 0.25) is 0 Å². The van der Waals surface area contributed by atoms with E-state index in [-0.39, 0.29) is 18.0 Å². The number of hydrogen-bond acceptors (Lipinski definition) is 2. The fourth-order valence-corrected chi connectivity index (χ4v) is 2.41. The average molecular weight is 327 g/mol. The molecule has 1 heterocycles. The quantitative estimate of drug-likeness (QED) is 0.798. The van der Waals surface area contributed by atoms with Crippen LogP contribution < -0.4 is 5.32 Å². The summed E-state index contributed by atoms with van der Waals surface area (Å²) in [5, 5.41) is 6.73. The van der Waals surface area contributed by atoms with Crippen molar-refractivity contribution in [2.45, 2.75) is 13.5 Å². The van der Waals surface area contributed by atoms with E-state index in [1.807, 2.05) is 0 Å². The molecule has 1 amide bonds. The first-order valence-electron chi connectivity index (χ1n) is 7.39. The first-order chi connectivity index (χ1) is 11.6. The minimum atomic E-state index is -0.429. The lowest BCUT2D eigenvalue weighted by Gasteiger charge is -2.08. The highest BCUT2D eigenvalue weighted by Crippen LogP contribution is 2.17. The number of para-hydroxylation sites is 1. The Morgan fingerprint density at radius 1 is 1.08 bits per heavy atom. The SMILES string of the molecule is Cc1c(C(=O)NCc2ccccc2F)cnn1-c1ccccc1F. The van der Waals surface area contributed by atoms with Crippen LogP contribution in [0.3, 0.4) is 0 Å². The fraction of sp³-hybridized carbons (Fsp3) is 0.111. The number of hydrogen-bond donors (Lipinski definition) is 1. The zero-order chi connectivity index (χ0) is 17.1. The van der Waals surface area contributed by atoms with Gasteiger partial charge in [-0.1, -0.05) is 30.3 Å². The molecule has 4 nitrogen and oxygen atoms in total. The van der Waals surface area contributed by atoms with Gasteiger partial charge >= 0.3 is 0 Å². The van der Waals surface area contributed by atoms with Crippen LogP contribution in [0.25, 0.3) is 5.69 Å². The van der Waals surface area contributed by atoms with Gasteiger partial charge in [0.25, 0.3) is 5.91 Å². The van der Waals surface area contributed by atoms with Crippen molar-refractivity contribution in [1.29, 1.82) is 0 Å². The third-order valence-electron chi connectivity index (χ3n) is 3.73. The van der Waals surface area contributed by atoms with Crippen molar-refractivity contribution >= 4 is 5.91 Å². The van der Waals surface area contributed by atoms with Gasteiger partial charge in [-0.3, -0.25) is 4.79 Å². The zero-order valence-electron chi connectivity index (χ0n) is 13.0. The second-order valence-corrected chi connectivity index (χ2v) is 5.28. The number of nitrogens with one attached hydrogen (secondary N) is 1. The van der Waals surface area contributed by atoms with Crippen LogP contribution in [0.1, 0.15) is 21.6 Å². The number of benzene rings is 2. The van der Waals surface area contributed by atoms with E-state index in [0.29, 0.717) is 16.8 Å². The van der Waals surface area contributed by atoms with Gasteiger partial charge in [0.2, 0.25) is 0 Å². The molecule has 0 bridgehead atoms. The first-order valence-corrected chi connectivity index (χ1v) is 7.39. The minimum Gasteiger partial charge on any atom is -0.348 e. The van der Waals surface area contributed by atoms with Gasteiger partial charge in [0.1, 0.15) is 17.3 Å². The maximum Gasteiger partial charge on any atom is 0.255 e. The van der Waals surface area contributed by atoms with Crippen molar-refractivity contribution in [2.24, 2.45) is 0 Å². The molecule has 0 saturated heterocycles. The van der Waals surface area contributed by atoms with Gasteiger partial charge in [-0.15, -0.1) is 0 Å². The zero-order valence-corrected chi connectivity index (χ0v) is 13.0. The van der Waals surface area contributed by atoms with Crippen molar-refractivity contribution in [1.82, 2.24) is 15.1 Å². The fourth-order valence-electron chi connectivity index (χ4n) is 2.41. The second-order valence-electron chi connectivity index (χ2n) is 5.28. The lowest BCUT2D eigenvalue weighted by molar-refractivity contribution is 0.0950. The summed E-state index contributed by atoms with van der Waals surface area (Å²) in [5.41, 5.74) is 1.48. The molecule has 122 valence electrons. The van der Waals surface area contributed by atoms with Crippen molar-refractivity contribution in [2.75, 3.05) is 0 Å². The van der Waals surface area contributed by atoms with E-state index in [9.17, 15) is 13.6 Å². The molecular weight excluding hydrogens is 312 g/mol. The van der Waals surface area contributed by atoms with E-state index in [2.05, 4.69) is 10.4 Å². The van der Waals surface area contributed by atoms with Crippen LogP contribution in [0, 0.1) is 18.6 Å². The molecule has 3 aromatic rings. The Labute approximate surface area is 137 Å². The molecular formula is C18H15F2N3O. The predicted octanol–water partition coefficient (Wildman–Crippen LogP) is 3.39. The van der Waals surface area contributed by atoms with Gasteiger partial charge < -0.3 is 5.32 Å². The van der Waals surface area contributed by atoms with Gasteiger partial charge in [0, 0.05) is 12.1 Å². The summed E-state index contributed by atoms with van der Waals surface area (Å²) in [6.45, 7) is 1.74. The summed E-state index contributed by atoms with van der Waals surface area (Å²) in [7, 11) is 0. The smallest absolute Gasteiger partial charge is 0.255 e. The number of halogens is 2. The van der Waals surface area contributed by atoms with Crippen molar-refractivity contribution in [3.63, 3.8) is 0 Å². The third kappa shape index (κ3) is 3.03. The van der Waals surface area contributed by atoms with Gasteiger partial charge in [0.15, 0.2) is 0 Å². The van der Waals surface area contributed by atoms with Crippen LogP contribution >= 0.6 is 0 Å². The monoisotopic (exact) mass is 327 g/mol. The van der Waals surface area contributed by atoms with Gasteiger partial charge in [-0.2, -0.15) is 5.10 Å². The molecule has 0 aliphatic carbocycles. The van der Waals surface area contributed by atoms with E-state index >= 15 is 0 Å². The van der Waals surface area contributed by atoms with E-state index < -0.39 is 11.7 Å². The molecule has 6 heteroatoms. The van der Waals surface area contributed by atoms with E-state index in [0.717, 1.165) is 0 Å². The van der Waals surface area contributed by atoms with Crippen molar-refractivity contribution in [3.8, 4) is 5.69 Å². The Morgan fingerprint density at radius 2 is 1.75 bits per heavy atom. The number of carbonyl (C=O) groups excluding carboxylic acids is 1. The molecule has 0 atom stereocenters. The second kappa shape index (κ2) is 6.62. The number of amides is 1. The van der Waals surface area contributed by atoms with Crippen LogP contribution in [-0.4, -0.2) is 15.7 Å². The third-order valence-corrected chi connectivity index (χ3v) is 3.73. The van der Waals surface area contributed by atoms with E-state index in [4.69, 9.17) is 0 Å². The number of carbonyl (C=O) groups is 1. The van der Waals surface area contributed by atoms with E-state index in [1.54, 1.807) is 43.3 Å². The Kier molecular flexibility index (Phi) is 4.37. The van der Waals surface area contributed by atoms with Crippen molar-refractivity contribution in [3.05, 3.63) is 83.2 Å². The molecule has 0 saturated carbocycles. The van der Waals surface area contributed by atoms with Gasteiger partial charge in [0.05, 0.1) is 17.5 Å². The molecule has 3 rings (SSSR count). The normalized spacial score (nSPS) is 10.6. The number of aromatic nitrogens is 2. The topological polar surface area (TPSA) is 46.9 Å². The largest absolute Gasteiger partial charge is 0.348 e. The molecule has 24 heavy (non-hydrogen) atoms. The molecule has 1 aromatic heterocycles. The highest BCUT2D eigenvalue weighted by Gasteiger charge is 2.16. The average Bonchev–Trinajstić information content (AvgIpc) is 2.96. The van der Waals surface area contributed by atoms with Crippen molar-refractivity contribution < 1.29 is 13.6 Å². The summed E-state index contributed by atoms with van der Waals surface area (Å²) in [5.74, 6) is -1.20. The standard InChI is InChI=1S/C18H15F2N3O/c1-12-14(11-22-23(12)17-9-5-4-8-16(17)20)18(24)21-10-13-6-2-3-7-15(13)19/h2-9,11H,10H2,1H3,(H,21,24). The Morgan fingerprint density at radius 3 is 2.46 bits per heavy atom. The molecule has 0 fully saturated rings. The summed E-state index contributed by atoms with van der Waals surface area (Å²) in [6.07, 6.45) is 1.37. The summed E-state index contributed by atoms with van der Waals surface area (Å²) >= 11 is 0. The highest BCUT2D eigenvalue weighted by molar-refractivity contribution is 5.95. The minimum absolute atomic E-state index is 0.0653. The maximum absolute atomic E-state index is 13.9. The predicted molar refractivity (Wildman–Crippen MR) is 85.8 cm³/mol. The van der Waals surface area contributed by atoms with E-state index in [1.165, 1.54) is 23.0 Å². The molecule has 0 aliphatic heterocycles. The van der Waals surface area contributed by atoms with Gasteiger partial charge in [-0.05, 0) is 25.1 Å². The maximum atomic E-state index is 13.9.